The van der Waals surface area contributed by atoms with Gasteiger partial charge in [0, 0.05) is 43.1 Å². The fourth-order valence-electron chi connectivity index (χ4n) is 8.08. The van der Waals surface area contributed by atoms with E-state index in [4.69, 9.17) is 0 Å². The van der Waals surface area contributed by atoms with Crippen LogP contribution in [0, 0.1) is 6.92 Å². The van der Waals surface area contributed by atoms with Crippen LogP contribution in [0.2, 0.25) is 0 Å². The average Bonchev–Trinajstić information content (AvgIpc) is 3.97. The van der Waals surface area contributed by atoms with Gasteiger partial charge in [0.05, 0.1) is 34.4 Å². The number of aliphatic hydroxyl groups excluding tert-OH is 1. The van der Waals surface area contributed by atoms with Crippen LogP contribution >= 0.6 is 11.3 Å². The number of aromatic nitrogens is 4. The molecule has 2 aliphatic heterocycles. The van der Waals surface area contributed by atoms with Gasteiger partial charge in [0.15, 0.2) is 5.65 Å². The summed E-state index contributed by atoms with van der Waals surface area (Å²) in [7, 11) is 0. The Hall–Kier alpha value is -5.18. The molecule has 5 heterocycles. The van der Waals surface area contributed by atoms with Crippen molar-refractivity contribution in [2.24, 2.45) is 0 Å². The molecule has 2 aliphatic rings. The molecule has 0 unspecified atom stereocenters. The Bertz CT molecular complexity index is 2140. The highest BCUT2D eigenvalue weighted by Crippen LogP contribution is 2.35. The number of carbonyl (C=O) groups excluding carboxylic acids is 3. The number of carbonyl (C=O) groups is 3. The number of aliphatic hydroxyl groups is 1. The SMILES string of the molecule is Cc1ncsc1-c1ccc(CNC(=O)[C@@H]2C[C@@H](O)CN2C(=O)CNC(=O)CCCCCCCN2CCC(c3c[nH]c4nnc(-c5ccccc5O)cc34)CC2)cc1. The zero-order valence-electron chi connectivity index (χ0n) is 32.5. The van der Waals surface area contributed by atoms with Gasteiger partial charge in [-0.1, -0.05) is 55.7 Å². The molecular formula is C43H52N8O5S. The summed E-state index contributed by atoms with van der Waals surface area (Å²) in [5.41, 5.74) is 8.19. The van der Waals surface area contributed by atoms with Crippen molar-refractivity contribution in [2.75, 3.05) is 32.7 Å². The number of hydrogen-bond acceptors (Lipinski definition) is 10. The number of para-hydroxylation sites is 1. The zero-order valence-corrected chi connectivity index (χ0v) is 33.3. The third-order valence-corrected chi connectivity index (χ3v) is 12.3. The van der Waals surface area contributed by atoms with Crippen molar-refractivity contribution in [3.63, 3.8) is 0 Å². The molecule has 2 aromatic carbocycles. The molecule has 14 heteroatoms. The number of fused-ring (bicyclic) bond motifs is 1. The second-order valence-corrected chi connectivity index (χ2v) is 16.2. The Balaban J connectivity index is 0.753. The number of aromatic hydroxyl groups is 1. The fourth-order valence-corrected chi connectivity index (χ4v) is 8.89. The van der Waals surface area contributed by atoms with Crippen molar-refractivity contribution < 1.29 is 24.6 Å². The minimum atomic E-state index is -0.790. The van der Waals surface area contributed by atoms with E-state index < -0.39 is 12.1 Å². The van der Waals surface area contributed by atoms with Crippen LogP contribution in [0.1, 0.15) is 80.5 Å². The smallest absolute Gasteiger partial charge is 0.243 e. The number of thiazole rings is 1. The van der Waals surface area contributed by atoms with E-state index in [1.54, 1.807) is 23.5 Å². The topological polar surface area (TPSA) is 177 Å². The molecule has 3 amide bonds. The van der Waals surface area contributed by atoms with Gasteiger partial charge in [0.2, 0.25) is 17.7 Å². The summed E-state index contributed by atoms with van der Waals surface area (Å²) in [6.45, 7) is 5.31. The first-order valence-corrected chi connectivity index (χ1v) is 21.0. The molecule has 57 heavy (non-hydrogen) atoms. The number of unbranched alkanes of at least 4 members (excludes halogenated alkanes) is 4. The number of nitrogens with zero attached hydrogens (tertiary/aromatic N) is 5. The number of β-amino-alcohol motifs (C(OH)–C–C–N with tert-alkyl or cyclic N) is 1. The summed E-state index contributed by atoms with van der Waals surface area (Å²) >= 11 is 1.59. The maximum atomic E-state index is 13.1. The molecule has 7 rings (SSSR count). The van der Waals surface area contributed by atoms with Crippen LogP contribution in [0.4, 0.5) is 0 Å². The van der Waals surface area contributed by atoms with E-state index >= 15 is 0 Å². The number of amides is 3. The number of likely N-dealkylation sites (tertiary alicyclic amines) is 2. The summed E-state index contributed by atoms with van der Waals surface area (Å²) < 4.78 is 0. The van der Waals surface area contributed by atoms with Gasteiger partial charge in [0.25, 0.3) is 0 Å². The van der Waals surface area contributed by atoms with E-state index in [0.29, 0.717) is 30.1 Å². The number of phenolic OH excluding ortho intramolecular Hbond substituents is 1. The summed E-state index contributed by atoms with van der Waals surface area (Å²) in [5.74, 6) is -0.231. The summed E-state index contributed by atoms with van der Waals surface area (Å²) in [6.07, 6.45) is 8.93. The van der Waals surface area contributed by atoms with Crippen LogP contribution in [0.3, 0.4) is 0 Å². The van der Waals surface area contributed by atoms with Gasteiger partial charge in [-0.25, -0.2) is 4.98 Å². The van der Waals surface area contributed by atoms with Crippen LogP contribution in [0.25, 0.3) is 32.7 Å². The standard InChI is InChI=1S/C43H52N8O5S/c1-28-41(57-27-47-28)31-14-12-29(13-15-31)23-46-43(56)37-21-32(52)26-51(37)40(55)25-44-39(54)11-5-3-2-4-8-18-50-19-16-30(17-20-50)35-24-45-42-34(35)22-36(48-49-42)33-9-6-7-10-38(33)53/h6-7,9-10,12-15,22,24,27,30,32,37,52-53H,2-5,8,11,16-21,23,25-26H2,1H3,(H,44,54)(H,45,49)(H,46,56)/t32-,37+/m1/s1. The van der Waals surface area contributed by atoms with Crippen LogP contribution in [-0.2, 0) is 20.9 Å². The monoisotopic (exact) mass is 792 g/mol. The molecule has 0 saturated carbocycles. The van der Waals surface area contributed by atoms with Crippen LogP contribution in [0.15, 0.2) is 66.3 Å². The van der Waals surface area contributed by atoms with Crippen molar-refractivity contribution in [3.8, 4) is 27.4 Å². The van der Waals surface area contributed by atoms with E-state index in [2.05, 4.69) is 41.9 Å². The molecule has 2 saturated heterocycles. The molecule has 13 nitrogen and oxygen atoms in total. The maximum Gasteiger partial charge on any atom is 0.243 e. The first-order chi connectivity index (χ1) is 27.7. The van der Waals surface area contributed by atoms with E-state index in [9.17, 15) is 24.6 Å². The van der Waals surface area contributed by atoms with Crippen molar-refractivity contribution in [1.82, 2.24) is 40.6 Å². The lowest BCUT2D eigenvalue weighted by atomic mass is 9.89. The van der Waals surface area contributed by atoms with Crippen LogP contribution < -0.4 is 10.6 Å². The lowest BCUT2D eigenvalue weighted by molar-refractivity contribution is -0.138. The Morgan fingerprint density at radius 3 is 2.51 bits per heavy atom. The van der Waals surface area contributed by atoms with Gasteiger partial charge in [-0.15, -0.1) is 21.5 Å². The first-order valence-electron chi connectivity index (χ1n) is 20.1. The van der Waals surface area contributed by atoms with Gasteiger partial charge >= 0.3 is 0 Å². The number of benzene rings is 2. The normalized spacial score (nSPS) is 17.6. The largest absolute Gasteiger partial charge is 0.507 e. The molecule has 0 spiro atoms. The predicted molar refractivity (Wildman–Crippen MR) is 220 cm³/mol. The summed E-state index contributed by atoms with van der Waals surface area (Å²) in [6, 6.07) is 16.4. The summed E-state index contributed by atoms with van der Waals surface area (Å²) in [4.78, 5) is 51.3. The highest BCUT2D eigenvalue weighted by Gasteiger charge is 2.38. The van der Waals surface area contributed by atoms with Gasteiger partial charge in [0.1, 0.15) is 11.8 Å². The predicted octanol–water partition coefficient (Wildman–Crippen LogP) is 5.68. The minimum Gasteiger partial charge on any atom is -0.507 e. The number of phenols is 1. The molecule has 0 radical (unpaired) electrons. The van der Waals surface area contributed by atoms with Crippen molar-refractivity contribution >= 4 is 40.1 Å². The lowest BCUT2D eigenvalue weighted by Gasteiger charge is -2.32. The van der Waals surface area contributed by atoms with Crippen molar-refractivity contribution in [1.29, 1.82) is 0 Å². The van der Waals surface area contributed by atoms with Crippen molar-refractivity contribution in [3.05, 3.63) is 83.1 Å². The molecule has 5 aromatic rings. The molecule has 300 valence electrons. The number of hydrogen-bond donors (Lipinski definition) is 5. The average molecular weight is 793 g/mol. The molecule has 2 atom stereocenters. The van der Waals surface area contributed by atoms with Gasteiger partial charge in [-0.05, 0) is 93.0 Å². The number of H-pyrrole nitrogens is 1. The Kier molecular flexibility index (Phi) is 13.2. The van der Waals surface area contributed by atoms with E-state index in [1.807, 2.05) is 54.9 Å². The number of rotatable bonds is 16. The second kappa shape index (κ2) is 18.8. The first kappa shape index (κ1) is 40.0. The lowest BCUT2D eigenvalue weighted by Crippen LogP contribution is -2.48. The van der Waals surface area contributed by atoms with Crippen LogP contribution in [-0.4, -0.2) is 103 Å². The number of aromatic amines is 1. The number of nitrogens with one attached hydrogen (secondary N) is 3. The van der Waals surface area contributed by atoms with Gasteiger partial charge in [-0.3, -0.25) is 14.4 Å². The third-order valence-electron chi connectivity index (χ3n) is 11.3. The quantitative estimate of drug-likeness (QED) is 0.0788. The number of aryl methyl sites for hydroxylation is 1. The van der Waals surface area contributed by atoms with E-state index in [0.717, 1.165) is 97.3 Å². The summed E-state index contributed by atoms with van der Waals surface area (Å²) in [5, 5.41) is 36.0. The second-order valence-electron chi connectivity index (χ2n) is 15.3. The highest BCUT2D eigenvalue weighted by atomic mass is 32.1. The Morgan fingerprint density at radius 1 is 0.965 bits per heavy atom. The zero-order chi connectivity index (χ0) is 39.7. The third kappa shape index (κ3) is 10.0. The van der Waals surface area contributed by atoms with Crippen LogP contribution in [0.5, 0.6) is 5.75 Å². The molecule has 3 aromatic heterocycles. The van der Waals surface area contributed by atoms with E-state index in [-0.39, 0.29) is 43.0 Å². The molecule has 5 N–H and O–H groups in total. The molecular weight excluding hydrogens is 741 g/mol. The van der Waals surface area contributed by atoms with Gasteiger partial charge < -0.3 is 35.6 Å². The maximum absolute atomic E-state index is 13.1. The minimum absolute atomic E-state index is 0.0656. The number of piperidine rings is 1. The van der Waals surface area contributed by atoms with Gasteiger partial charge in [-0.2, -0.15) is 0 Å². The van der Waals surface area contributed by atoms with E-state index in [1.165, 1.54) is 10.5 Å². The molecule has 2 fully saturated rings. The Labute approximate surface area is 336 Å². The molecule has 0 aliphatic carbocycles. The Morgan fingerprint density at radius 2 is 1.74 bits per heavy atom. The van der Waals surface area contributed by atoms with Crippen molar-refractivity contribution in [2.45, 2.75) is 89.3 Å². The fraction of sp³-hybridized carbons (Fsp3) is 0.442. The highest BCUT2D eigenvalue weighted by molar-refractivity contribution is 7.13. The molecule has 0 bridgehead atoms.